The van der Waals surface area contributed by atoms with Crippen molar-refractivity contribution in [3.8, 4) is 28.3 Å². The minimum atomic E-state index is -0.276. The number of benzene rings is 2. The number of para-hydroxylation sites is 1. The summed E-state index contributed by atoms with van der Waals surface area (Å²) < 4.78 is 18.5. The summed E-state index contributed by atoms with van der Waals surface area (Å²) in [7, 11) is 1.58. The number of aryl methyl sites for hydroxylation is 1. The van der Waals surface area contributed by atoms with E-state index in [2.05, 4.69) is 15.0 Å². The van der Waals surface area contributed by atoms with Gasteiger partial charge in [-0.25, -0.2) is 9.97 Å². The third-order valence-electron chi connectivity index (χ3n) is 6.13. The monoisotopic (exact) mass is 457 g/mol. The number of H-pyrrole nitrogens is 1. The highest BCUT2D eigenvalue weighted by Crippen LogP contribution is 2.34. The first kappa shape index (κ1) is 20.5. The van der Waals surface area contributed by atoms with E-state index in [9.17, 15) is 4.79 Å². The molecule has 0 spiro atoms. The van der Waals surface area contributed by atoms with Gasteiger partial charge in [0.1, 0.15) is 17.1 Å². The van der Waals surface area contributed by atoms with Gasteiger partial charge in [0.05, 0.1) is 20.3 Å². The largest absolute Gasteiger partial charge is 0.494 e. The molecule has 2 aromatic carbocycles. The van der Waals surface area contributed by atoms with Crippen LogP contribution in [0.2, 0.25) is 0 Å². The van der Waals surface area contributed by atoms with Crippen molar-refractivity contribution in [2.45, 2.75) is 6.92 Å². The molecule has 4 heterocycles. The van der Waals surface area contributed by atoms with Crippen molar-refractivity contribution in [3.05, 3.63) is 64.6 Å². The van der Waals surface area contributed by atoms with E-state index in [1.54, 1.807) is 13.2 Å². The van der Waals surface area contributed by atoms with E-state index in [4.69, 9.17) is 18.9 Å². The molecule has 172 valence electrons. The van der Waals surface area contributed by atoms with Gasteiger partial charge in [0.25, 0.3) is 5.56 Å². The van der Waals surface area contributed by atoms with Crippen molar-refractivity contribution < 1.29 is 13.9 Å². The lowest BCUT2D eigenvalue weighted by Gasteiger charge is -2.28. The van der Waals surface area contributed by atoms with Crippen LogP contribution in [0.1, 0.15) is 5.69 Å². The number of nitrogens with one attached hydrogen (secondary N) is 1. The summed E-state index contributed by atoms with van der Waals surface area (Å²) in [4.78, 5) is 25.6. The van der Waals surface area contributed by atoms with Gasteiger partial charge in [-0.2, -0.15) is 4.52 Å². The minimum absolute atomic E-state index is 0.210. The SMILES string of the molecule is COc1cccc2oc(-c3c(N4CCOCC4)nc4c(-c5ccccc5)c(C)[nH]n4c3=O)nc12. The van der Waals surface area contributed by atoms with E-state index in [-0.39, 0.29) is 11.4 Å². The van der Waals surface area contributed by atoms with Crippen molar-refractivity contribution in [3.63, 3.8) is 0 Å². The van der Waals surface area contributed by atoms with Crippen LogP contribution in [-0.4, -0.2) is 53.0 Å². The summed E-state index contributed by atoms with van der Waals surface area (Å²) in [6, 6.07) is 15.4. The van der Waals surface area contributed by atoms with Gasteiger partial charge in [-0.15, -0.1) is 0 Å². The maximum Gasteiger partial charge on any atom is 0.287 e. The predicted octanol–water partition coefficient (Wildman–Crippen LogP) is 3.65. The second-order valence-corrected chi connectivity index (χ2v) is 8.18. The lowest BCUT2D eigenvalue weighted by atomic mass is 10.1. The number of morpholine rings is 1. The Bertz CT molecular complexity index is 1560. The van der Waals surface area contributed by atoms with Gasteiger partial charge in [-0.05, 0) is 24.6 Å². The van der Waals surface area contributed by atoms with Crippen LogP contribution < -0.4 is 15.2 Å². The topological polar surface area (TPSA) is 97.9 Å². The number of aromatic nitrogens is 4. The fraction of sp³-hybridized carbons (Fsp3) is 0.240. The van der Waals surface area contributed by atoms with Crippen molar-refractivity contribution in [2.75, 3.05) is 38.3 Å². The van der Waals surface area contributed by atoms with Gasteiger partial charge >= 0.3 is 0 Å². The first-order valence-corrected chi connectivity index (χ1v) is 11.1. The first-order valence-electron chi connectivity index (χ1n) is 11.1. The summed E-state index contributed by atoms with van der Waals surface area (Å²) in [5, 5.41) is 3.19. The molecule has 0 unspecified atom stereocenters. The number of hydrogen-bond acceptors (Lipinski definition) is 7. The maximum absolute atomic E-state index is 13.9. The summed E-state index contributed by atoms with van der Waals surface area (Å²) >= 11 is 0. The standard InChI is InChI=1S/C25H23N5O4/c1-15-19(16-7-4-3-5-8-16)23-27-22(29-11-13-33-14-12-29)20(25(31)30(23)28-15)24-26-21-17(32-2)9-6-10-18(21)34-24/h3-10,28H,11-14H2,1-2H3. The van der Waals surface area contributed by atoms with Gasteiger partial charge in [0, 0.05) is 24.3 Å². The molecule has 1 aliphatic heterocycles. The zero-order chi connectivity index (χ0) is 23.2. The predicted molar refractivity (Wildman–Crippen MR) is 129 cm³/mol. The van der Waals surface area contributed by atoms with Crippen LogP contribution in [0.4, 0.5) is 5.82 Å². The molecular formula is C25H23N5O4. The molecule has 9 nitrogen and oxygen atoms in total. The van der Waals surface area contributed by atoms with Crippen LogP contribution >= 0.6 is 0 Å². The highest BCUT2D eigenvalue weighted by molar-refractivity contribution is 5.86. The molecule has 1 fully saturated rings. The van der Waals surface area contributed by atoms with Crippen molar-refractivity contribution in [1.82, 2.24) is 19.6 Å². The fourth-order valence-electron chi connectivity index (χ4n) is 4.51. The molecule has 3 aromatic heterocycles. The molecule has 34 heavy (non-hydrogen) atoms. The van der Waals surface area contributed by atoms with Gasteiger partial charge in [0.15, 0.2) is 16.7 Å². The summed E-state index contributed by atoms with van der Waals surface area (Å²) in [6.07, 6.45) is 0. The van der Waals surface area contributed by atoms with Crippen LogP contribution in [0.25, 0.3) is 39.3 Å². The van der Waals surface area contributed by atoms with Crippen molar-refractivity contribution in [2.24, 2.45) is 0 Å². The average Bonchev–Trinajstić information content (AvgIpc) is 3.45. The fourth-order valence-corrected chi connectivity index (χ4v) is 4.51. The Kier molecular flexibility index (Phi) is 4.84. The van der Waals surface area contributed by atoms with Crippen LogP contribution in [-0.2, 0) is 4.74 Å². The number of hydrogen-bond donors (Lipinski definition) is 1. The van der Waals surface area contributed by atoms with Crippen molar-refractivity contribution >= 4 is 22.6 Å². The number of methoxy groups -OCH3 is 1. The number of anilines is 1. The van der Waals surface area contributed by atoms with Crippen molar-refractivity contribution in [1.29, 1.82) is 0 Å². The molecule has 6 rings (SSSR count). The van der Waals surface area contributed by atoms with Gasteiger partial charge in [0.2, 0.25) is 5.89 Å². The van der Waals surface area contributed by atoms with E-state index in [0.717, 1.165) is 16.8 Å². The third kappa shape index (κ3) is 3.16. The molecular weight excluding hydrogens is 434 g/mol. The molecule has 1 aliphatic rings. The van der Waals surface area contributed by atoms with Crippen LogP contribution in [0, 0.1) is 6.92 Å². The van der Waals surface area contributed by atoms with Gasteiger partial charge < -0.3 is 18.8 Å². The smallest absolute Gasteiger partial charge is 0.287 e. The number of ether oxygens (including phenoxy) is 2. The van der Waals surface area contributed by atoms with E-state index in [1.165, 1.54) is 4.52 Å². The Morgan fingerprint density at radius 3 is 2.56 bits per heavy atom. The summed E-state index contributed by atoms with van der Waals surface area (Å²) in [5.41, 5.74) is 4.41. The molecule has 9 heteroatoms. The minimum Gasteiger partial charge on any atom is -0.494 e. The lowest BCUT2D eigenvalue weighted by molar-refractivity contribution is 0.122. The Labute approximate surface area is 194 Å². The third-order valence-corrected chi connectivity index (χ3v) is 6.13. The Hall–Kier alpha value is -4.11. The van der Waals surface area contributed by atoms with E-state index in [0.29, 0.717) is 60.2 Å². The number of rotatable bonds is 4. The zero-order valence-electron chi connectivity index (χ0n) is 18.9. The average molecular weight is 457 g/mol. The van der Waals surface area contributed by atoms with Crippen LogP contribution in [0.3, 0.4) is 0 Å². The molecule has 0 saturated carbocycles. The van der Waals surface area contributed by atoms with E-state index >= 15 is 0 Å². The van der Waals surface area contributed by atoms with E-state index < -0.39 is 0 Å². The molecule has 0 radical (unpaired) electrons. The lowest BCUT2D eigenvalue weighted by Crippen LogP contribution is -2.38. The molecule has 0 aliphatic carbocycles. The van der Waals surface area contributed by atoms with E-state index in [1.807, 2.05) is 49.4 Å². The zero-order valence-corrected chi connectivity index (χ0v) is 18.9. The number of aromatic amines is 1. The normalized spacial score (nSPS) is 14.2. The van der Waals surface area contributed by atoms with Crippen LogP contribution in [0.15, 0.2) is 57.7 Å². The quantitative estimate of drug-likeness (QED) is 0.440. The first-order chi connectivity index (χ1) is 16.7. The van der Waals surface area contributed by atoms with Crippen LogP contribution in [0.5, 0.6) is 5.75 Å². The Morgan fingerprint density at radius 1 is 1.00 bits per heavy atom. The molecule has 1 saturated heterocycles. The highest BCUT2D eigenvalue weighted by atomic mass is 16.5. The second kappa shape index (κ2) is 8.03. The molecule has 0 amide bonds. The number of nitrogens with zero attached hydrogens (tertiary/aromatic N) is 4. The molecule has 0 atom stereocenters. The summed E-state index contributed by atoms with van der Waals surface area (Å²) in [5.74, 6) is 1.33. The Balaban J connectivity index is 1.65. The summed E-state index contributed by atoms with van der Waals surface area (Å²) in [6.45, 7) is 4.28. The highest BCUT2D eigenvalue weighted by Gasteiger charge is 2.28. The number of oxazole rings is 1. The maximum atomic E-state index is 13.9. The molecule has 5 aromatic rings. The second-order valence-electron chi connectivity index (χ2n) is 8.18. The molecule has 1 N–H and O–H groups in total. The Morgan fingerprint density at radius 2 is 1.79 bits per heavy atom. The number of fused-ring (bicyclic) bond motifs is 2. The van der Waals surface area contributed by atoms with Gasteiger partial charge in [-0.1, -0.05) is 36.4 Å². The van der Waals surface area contributed by atoms with Gasteiger partial charge in [-0.3, -0.25) is 9.89 Å². The molecule has 0 bridgehead atoms.